The summed E-state index contributed by atoms with van der Waals surface area (Å²) in [7, 11) is 0. The van der Waals surface area contributed by atoms with Crippen molar-refractivity contribution >= 4 is 17.7 Å². The molecule has 6 heteroatoms. The van der Waals surface area contributed by atoms with Crippen molar-refractivity contribution in [2.45, 2.75) is 31.7 Å². The number of carbonyl (C=O) groups excluding carboxylic acids is 1. The number of rotatable bonds is 3. The second-order valence-corrected chi connectivity index (χ2v) is 4.94. The van der Waals surface area contributed by atoms with Crippen LogP contribution in [0.5, 0.6) is 0 Å². The van der Waals surface area contributed by atoms with Gasteiger partial charge < -0.3 is 15.7 Å². The summed E-state index contributed by atoms with van der Waals surface area (Å²) in [5.41, 5.74) is 0.464. The van der Waals surface area contributed by atoms with E-state index in [1.807, 2.05) is 0 Å². The van der Waals surface area contributed by atoms with Crippen LogP contribution in [0.4, 0.5) is 14.9 Å². The first-order valence-corrected chi connectivity index (χ1v) is 6.62. The molecule has 1 saturated carbocycles. The molecule has 0 heterocycles. The Balaban J connectivity index is 1.92. The Morgan fingerprint density at radius 3 is 2.45 bits per heavy atom. The van der Waals surface area contributed by atoms with Gasteiger partial charge >= 0.3 is 12.0 Å². The molecular weight excluding hydrogens is 263 g/mol. The standard InChI is InChI=1S/C14H17FN2O3/c15-9-5-7-10(8-6-9)16-14(20)17-12-4-2-1-3-11(12)13(18)19/h5-8,11-12H,1-4H2,(H,18,19)(H2,16,17,20). The van der Waals surface area contributed by atoms with Gasteiger partial charge in [-0.25, -0.2) is 9.18 Å². The molecule has 3 N–H and O–H groups in total. The zero-order chi connectivity index (χ0) is 14.5. The van der Waals surface area contributed by atoms with Crippen LogP contribution in [-0.4, -0.2) is 23.1 Å². The van der Waals surface area contributed by atoms with Crippen LogP contribution in [-0.2, 0) is 4.79 Å². The lowest BCUT2D eigenvalue weighted by molar-refractivity contribution is -0.143. The summed E-state index contributed by atoms with van der Waals surface area (Å²) in [6.45, 7) is 0. The van der Waals surface area contributed by atoms with Gasteiger partial charge in [0, 0.05) is 11.7 Å². The van der Waals surface area contributed by atoms with Crippen molar-refractivity contribution in [3.8, 4) is 0 Å². The lowest BCUT2D eigenvalue weighted by Gasteiger charge is -2.29. The van der Waals surface area contributed by atoms with E-state index in [1.54, 1.807) is 0 Å². The van der Waals surface area contributed by atoms with Crippen LogP contribution >= 0.6 is 0 Å². The first kappa shape index (κ1) is 14.3. The van der Waals surface area contributed by atoms with Gasteiger partial charge in [-0.3, -0.25) is 4.79 Å². The highest BCUT2D eigenvalue weighted by atomic mass is 19.1. The SMILES string of the molecule is O=C(Nc1ccc(F)cc1)NC1CCCCC1C(=O)O. The Labute approximate surface area is 116 Å². The predicted molar refractivity (Wildman–Crippen MR) is 71.9 cm³/mol. The lowest BCUT2D eigenvalue weighted by Crippen LogP contribution is -2.46. The Bertz CT molecular complexity index is 490. The third-order valence-electron chi connectivity index (χ3n) is 3.50. The molecule has 0 bridgehead atoms. The van der Waals surface area contributed by atoms with Crippen LogP contribution in [0, 0.1) is 11.7 Å². The van der Waals surface area contributed by atoms with Gasteiger partial charge in [-0.1, -0.05) is 12.8 Å². The molecule has 2 rings (SSSR count). The number of halogens is 1. The summed E-state index contributed by atoms with van der Waals surface area (Å²) >= 11 is 0. The van der Waals surface area contributed by atoms with Crippen LogP contribution in [0.3, 0.4) is 0 Å². The molecule has 5 nitrogen and oxygen atoms in total. The molecule has 2 amide bonds. The Morgan fingerprint density at radius 2 is 1.80 bits per heavy atom. The molecule has 0 radical (unpaired) electrons. The zero-order valence-corrected chi connectivity index (χ0v) is 10.9. The quantitative estimate of drug-likeness (QED) is 0.796. The third-order valence-corrected chi connectivity index (χ3v) is 3.50. The summed E-state index contributed by atoms with van der Waals surface area (Å²) in [6, 6.07) is 4.57. The zero-order valence-electron chi connectivity index (χ0n) is 10.9. The average Bonchev–Trinajstić information content (AvgIpc) is 2.41. The van der Waals surface area contributed by atoms with Crippen LogP contribution < -0.4 is 10.6 Å². The average molecular weight is 280 g/mol. The van der Waals surface area contributed by atoms with Gasteiger partial charge in [0.05, 0.1) is 5.92 Å². The van der Waals surface area contributed by atoms with Crippen LogP contribution in [0.25, 0.3) is 0 Å². The van der Waals surface area contributed by atoms with E-state index in [0.717, 1.165) is 12.8 Å². The highest BCUT2D eigenvalue weighted by Crippen LogP contribution is 2.24. The second kappa shape index (κ2) is 6.36. The maximum atomic E-state index is 12.7. The van der Waals surface area contributed by atoms with Crippen molar-refractivity contribution in [3.63, 3.8) is 0 Å². The van der Waals surface area contributed by atoms with Crippen LogP contribution in [0.2, 0.25) is 0 Å². The number of aliphatic carboxylic acids is 1. The highest BCUT2D eigenvalue weighted by molar-refractivity contribution is 5.89. The largest absolute Gasteiger partial charge is 0.481 e. The van der Waals surface area contributed by atoms with E-state index in [-0.39, 0.29) is 11.9 Å². The van der Waals surface area contributed by atoms with E-state index in [0.29, 0.717) is 18.5 Å². The van der Waals surface area contributed by atoms with E-state index in [4.69, 9.17) is 5.11 Å². The Hall–Kier alpha value is -2.11. The normalized spacial score (nSPS) is 22.1. The summed E-state index contributed by atoms with van der Waals surface area (Å²) < 4.78 is 12.7. The first-order valence-electron chi connectivity index (χ1n) is 6.62. The van der Waals surface area contributed by atoms with Crippen molar-refractivity contribution in [3.05, 3.63) is 30.1 Å². The van der Waals surface area contributed by atoms with Crippen molar-refractivity contribution in [1.82, 2.24) is 5.32 Å². The molecule has 108 valence electrons. The van der Waals surface area contributed by atoms with Crippen molar-refractivity contribution in [2.24, 2.45) is 5.92 Å². The summed E-state index contributed by atoms with van der Waals surface area (Å²) in [4.78, 5) is 23.0. The van der Waals surface area contributed by atoms with Gasteiger partial charge in [0.25, 0.3) is 0 Å². The molecule has 1 fully saturated rings. The van der Waals surface area contributed by atoms with Crippen LogP contribution in [0.15, 0.2) is 24.3 Å². The molecule has 1 aliphatic carbocycles. The minimum atomic E-state index is -0.878. The highest BCUT2D eigenvalue weighted by Gasteiger charge is 2.31. The summed E-state index contributed by atoms with van der Waals surface area (Å²) in [5.74, 6) is -1.80. The Morgan fingerprint density at radius 1 is 1.15 bits per heavy atom. The van der Waals surface area contributed by atoms with E-state index >= 15 is 0 Å². The number of hydrogen-bond acceptors (Lipinski definition) is 2. The molecule has 2 atom stereocenters. The summed E-state index contributed by atoms with van der Waals surface area (Å²) in [6.07, 6.45) is 3.02. The molecule has 0 spiro atoms. The van der Waals surface area contributed by atoms with E-state index in [1.165, 1.54) is 24.3 Å². The first-order chi connectivity index (χ1) is 9.56. The fourth-order valence-electron chi connectivity index (χ4n) is 2.47. The molecule has 0 aromatic heterocycles. The number of benzene rings is 1. The molecule has 0 aliphatic heterocycles. The van der Waals surface area contributed by atoms with Gasteiger partial charge in [-0.2, -0.15) is 0 Å². The smallest absolute Gasteiger partial charge is 0.319 e. The van der Waals surface area contributed by atoms with Gasteiger partial charge in [0.2, 0.25) is 0 Å². The van der Waals surface area contributed by atoms with Crippen molar-refractivity contribution < 1.29 is 19.1 Å². The number of carboxylic acid groups (broad SMARTS) is 1. The molecule has 1 aliphatic rings. The number of anilines is 1. The lowest BCUT2D eigenvalue weighted by atomic mass is 9.84. The topological polar surface area (TPSA) is 78.4 Å². The minimum Gasteiger partial charge on any atom is -0.481 e. The maximum absolute atomic E-state index is 12.7. The summed E-state index contributed by atoms with van der Waals surface area (Å²) in [5, 5.41) is 14.4. The molecule has 1 aromatic carbocycles. The molecule has 2 unspecified atom stereocenters. The number of nitrogens with one attached hydrogen (secondary N) is 2. The van der Waals surface area contributed by atoms with E-state index in [2.05, 4.69) is 10.6 Å². The van der Waals surface area contributed by atoms with E-state index in [9.17, 15) is 14.0 Å². The molecular formula is C14H17FN2O3. The van der Waals surface area contributed by atoms with Gasteiger partial charge in [0.1, 0.15) is 5.82 Å². The van der Waals surface area contributed by atoms with Gasteiger partial charge in [-0.15, -0.1) is 0 Å². The second-order valence-electron chi connectivity index (χ2n) is 4.94. The van der Waals surface area contributed by atoms with Gasteiger partial charge in [0.15, 0.2) is 0 Å². The third kappa shape index (κ3) is 3.69. The Kier molecular flexibility index (Phi) is 4.55. The predicted octanol–water partition coefficient (Wildman–Crippen LogP) is 2.59. The maximum Gasteiger partial charge on any atom is 0.319 e. The fraction of sp³-hybridized carbons (Fsp3) is 0.429. The fourth-order valence-corrected chi connectivity index (χ4v) is 2.47. The van der Waals surface area contributed by atoms with E-state index < -0.39 is 17.9 Å². The number of carboxylic acids is 1. The van der Waals surface area contributed by atoms with Crippen LogP contribution in [0.1, 0.15) is 25.7 Å². The number of urea groups is 1. The number of amides is 2. The molecule has 0 saturated heterocycles. The monoisotopic (exact) mass is 280 g/mol. The molecule has 20 heavy (non-hydrogen) atoms. The number of hydrogen-bond donors (Lipinski definition) is 3. The minimum absolute atomic E-state index is 0.360. The van der Waals surface area contributed by atoms with Crippen molar-refractivity contribution in [1.29, 1.82) is 0 Å². The molecule has 1 aromatic rings. The van der Waals surface area contributed by atoms with Gasteiger partial charge in [-0.05, 0) is 37.1 Å². The van der Waals surface area contributed by atoms with Crippen molar-refractivity contribution in [2.75, 3.05) is 5.32 Å². The number of carbonyl (C=O) groups is 2.